The van der Waals surface area contributed by atoms with Gasteiger partial charge in [-0.15, -0.1) is 0 Å². The Bertz CT molecular complexity index is 1200. The van der Waals surface area contributed by atoms with E-state index >= 15 is 0 Å². The topological polar surface area (TPSA) is 413 Å². The molecule has 0 amide bonds. The SMILES string of the molecule is CC1O[C@@H](OC2C(O)[C@@H](O)C(CO)O[C@H]2OC2C(N)[C@H](OC3C(O)[C@@H](O[C@H]4C(CO)O[C@@H](O)C(O)C4O)OC(CO)[C@@H]3O)OC(CO)[C@@H]2O)C(O)C(O)[C@H]1O. The molecule has 25 nitrogen and oxygen atoms in total. The van der Waals surface area contributed by atoms with Crippen molar-refractivity contribution < 1.29 is 119 Å². The maximum absolute atomic E-state index is 11.3. The molecule has 5 saturated heterocycles. The van der Waals surface area contributed by atoms with Gasteiger partial charge in [0.25, 0.3) is 0 Å². The Morgan fingerprint density at radius 2 is 0.836 bits per heavy atom. The lowest BCUT2D eigenvalue weighted by Crippen LogP contribution is -2.69. The molecule has 0 bridgehead atoms. The summed E-state index contributed by atoms with van der Waals surface area (Å²) in [4.78, 5) is 0. The van der Waals surface area contributed by atoms with E-state index < -0.39 is 180 Å². The molecule has 5 heterocycles. The highest BCUT2D eigenvalue weighted by molar-refractivity contribution is 4.99. The predicted octanol–water partition coefficient (Wildman–Crippen LogP) is -10.9. The molecule has 0 saturated carbocycles. The molecule has 0 radical (unpaired) electrons. The number of rotatable bonds is 12. The first-order chi connectivity index (χ1) is 26.0. The first-order valence-corrected chi connectivity index (χ1v) is 17.6. The third-order valence-corrected chi connectivity index (χ3v) is 10.4. The van der Waals surface area contributed by atoms with Gasteiger partial charge in [0.2, 0.25) is 0 Å². The molecule has 55 heavy (non-hydrogen) atoms. The number of aliphatic hydroxyl groups excluding tert-OH is 15. The van der Waals surface area contributed by atoms with Gasteiger partial charge in [0.1, 0.15) is 110 Å². The maximum Gasteiger partial charge on any atom is 0.187 e. The van der Waals surface area contributed by atoms with Gasteiger partial charge in [0.15, 0.2) is 31.5 Å². The van der Waals surface area contributed by atoms with Gasteiger partial charge < -0.3 is 125 Å². The zero-order valence-electron chi connectivity index (χ0n) is 29.2. The lowest BCUT2D eigenvalue weighted by Gasteiger charge is -2.50. The van der Waals surface area contributed by atoms with Gasteiger partial charge in [-0.2, -0.15) is 0 Å². The molecule has 5 aliphatic rings. The molecule has 0 aliphatic carbocycles. The van der Waals surface area contributed by atoms with Gasteiger partial charge in [0.05, 0.1) is 38.6 Å². The highest BCUT2D eigenvalue weighted by Gasteiger charge is 2.56. The van der Waals surface area contributed by atoms with E-state index in [0.29, 0.717) is 0 Å². The van der Waals surface area contributed by atoms with Crippen LogP contribution in [0.2, 0.25) is 0 Å². The standard InChI is InChI=1S/C30H53NO24/c1-6-12(36)16(40)20(44)28(47-6)55-25-17(41)13(37)7(2-32)51-30(25)53-23-11(31)27(49-8(3-33)14(23)38)54-24-15(39)9(4-34)50-29(21(24)45)52-22-10(5-35)48-26(46)19(43)18(22)42/h6-30,32-46H,2-5,31H2,1H3/t6?,7?,8?,9?,10?,11?,12-,13-,14-,15-,16?,17?,18?,19?,20?,21?,22-,23?,24?,25?,26+,27-,28-,29+,30-/m0/s1. The maximum atomic E-state index is 11.3. The molecule has 17 N–H and O–H groups in total. The summed E-state index contributed by atoms with van der Waals surface area (Å²) in [5, 5.41) is 156. The van der Waals surface area contributed by atoms with Crippen molar-refractivity contribution in [1.29, 1.82) is 0 Å². The van der Waals surface area contributed by atoms with Crippen LogP contribution in [0.25, 0.3) is 0 Å². The van der Waals surface area contributed by atoms with Crippen LogP contribution in [-0.2, 0) is 42.6 Å². The number of hydrogen-bond donors (Lipinski definition) is 16. The van der Waals surface area contributed by atoms with Crippen LogP contribution >= 0.6 is 0 Å². The first kappa shape index (κ1) is 45.1. The average Bonchev–Trinajstić information content (AvgIpc) is 3.17. The summed E-state index contributed by atoms with van der Waals surface area (Å²) >= 11 is 0. The molecule has 25 heteroatoms. The van der Waals surface area contributed by atoms with Crippen LogP contribution in [0.15, 0.2) is 0 Å². The summed E-state index contributed by atoms with van der Waals surface area (Å²) in [7, 11) is 0. The zero-order chi connectivity index (χ0) is 40.6. The van der Waals surface area contributed by atoms with Crippen molar-refractivity contribution in [3.63, 3.8) is 0 Å². The summed E-state index contributed by atoms with van der Waals surface area (Å²) in [6.45, 7) is -2.19. The highest BCUT2D eigenvalue weighted by atomic mass is 16.8. The number of hydrogen-bond acceptors (Lipinski definition) is 25. The average molecular weight is 812 g/mol. The summed E-state index contributed by atoms with van der Waals surface area (Å²) < 4.78 is 50.3. The molecular formula is C30H53NO24. The van der Waals surface area contributed by atoms with E-state index in [-0.39, 0.29) is 0 Å². The van der Waals surface area contributed by atoms with Crippen LogP contribution in [0.4, 0.5) is 0 Å². The van der Waals surface area contributed by atoms with Crippen molar-refractivity contribution in [3.8, 4) is 0 Å². The van der Waals surface area contributed by atoms with E-state index in [1.807, 2.05) is 0 Å². The summed E-state index contributed by atoms with van der Waals surface area (Å²) in [6.07, 6.45) is -42.1. The fourth-order valence-corrected chi connectivity index (χ4v) is 7.00. The van der Waals surface area contributed by atoms with E-state index in [4.69, 9.17) is 48.4 Å². The smallest absolute Gasteiger partial charge is 0.187 e. The summed E-state index contributed by atoms with van der Waals surface area (Å²) in [5.74, 6) is 0. The Kier molecular flexibility index (Phi) is 15.5. The number of ether oxygens (including phenoxy) is 9. The van der Waals surface area contributed by atoms with Gasteiger partial charge in [-0.3, -0.25) is 0 Å². The van der Waals surface area contributed by atoms with Crippen LogP contribution < -0.4 is 5.73 Å². The van der Waals surface area contributed by atoms with Crippen LogP contribution in [-0.4, -0.2) is 256 Å². The van der Waals surface area contributed by atoms with Crippen LogP contribution in [0.5, 0.6) is 0 Å². The molecule has 15 unspecified atom stereocenters. The number of nitrogens with two attached hydrogens (primary N) is 1. The quantitative estimate of drug-likeness (QED) is 0.0870. The Morgan fingerprint density at radius 1 is 0.382 bits per heavy atom. The van der Waals surface area contributed by atoms with E-state index in [1.165, 1.54) is 6.92 Å². The fourth-order valence-electron chi connectivity index (χ4n) is 7.00. The number of aliphatic hydroxyl groups is 15. The molecule has 0 spiro atoms. The third kappa shape index (κ3) is 9.11. The fraction of sp³-hybridized carbons (Fsp3) is 1.00. The zero-order valence-corrected chi connectivity index (χ0v) is 29.2. The van der Waals surface area contributed by atoms with Gasteiger partial charge in [0, 0.05) is 0 Å². The second-order valence-electron chi connectivity index (χ2n) is 14.0. The Labute approximate surface area is 312 Å². The van der Waals surface area contributed by atoms with E-state index in [0.717, 1.165) is 0 Å². The van der Waals surface area contributed by atoms with Crippen LogP contribution in [0, 0.1) is 0 Å². The monoisotopic (exact) mass is 811 g/mol. The predicted molar refractivity (Wildman–Crippen MR) is 167 cm³/mol. The molecule has 5 fully saturated rings. The molecule has 0 aromatic carbocycles. The summed E-state index contributed by atoms with van der Waals surface area (Å²) in [6, 6.07) is -1.66. The normalized spacial score (nSPS) is 53.9. The molecule has 0 aromatic heterocycles. The molecule has 322 valence electrons. The van der Waals surface area contributed by atoms with Crippen molar-refractivity contribution >= 4 is 0 Å². The molecular weight excluding hydrogens is 758 g/mol. The van der Waals surface area contributed by atoms with Crippen molar-refractivity contribution in [2.75, 3.05) is 26.4 Å². The minimum Gasteiger partial charge on any atom is -0.394 e. The minimum absolute atomic E-state index is 0.846. The van der Waals surface area contributed by atoms with Gasteiger partial charge >= 0.3 is 0 Å². The summed E-state index contributed by atoms with van der Waals surface area (Å²) in [5.41, 5.74) is 6.42. The Balaban J connectivity index is 1.37. The van der Waals surface area contributed by atoms with E-state index in [2.05, 4.69) is 0 Å². The van der Waals surface area contributed by atoms with Crippen LogP contribution in [0.3, 0.4) is 0 Å². The van der Waals surface area contributed by atoms with Crippen molar-refractivity contribution in [2.24, 2.45) is 5.73 Å². The third-order valence-electron chi connectivity index (χ3n) is 10.4. The van der Waals surface area contributed by atoms with Gasteiger partial charge in [-0.05, 0) is 6.92 Å². The Hall–Kier alpha value is -1.00. The highest BCUT2D eigenvalue weighted by Crippen LogP contribution is 2.35. The lowest BCUT2D eigenvalue weighted by atomic mass is 9.94. The van der Waals surface area contributed by atoms with Crippen LogP contribution in [0.1, 0.15) is 6.92 Å². The lowest BCUT2D eigenvalue weighted by molar-refractivity contribution is -0.389. The molecule has 5 rings (SSSR count). The van der Waals surface area contributed by atoms with E-state index in [9.17, 15) is 76.6 Å². The molecule has 0 aromatic rings. The second-order valence-corrected chi connectivity index (χ2v) is 14.0. The second kappa shape index (κ2) is 18.9. The van der Waals surface area contributed by atoms with Crippen molar-refractivity contribution in [2.45, 2.75) is 160 Å². The van der Waals surface area contributed by atoms with Gasteiger partial charge in [-0.1, -0.05) is 0 Å². The van der Waals surface area contributed by atoms with E-state index in [1.54, 1.807) is 0 Å². The molecule has 5 aliphatic heterocycles. The first-order valence-electron chi connectivity index (χ1n) is 17.6. The largest absolute Gasteiger partial charge is 0.394 e. The van der Waals surface area contributed by atoms with Crippen molar-refractivity contribution in [3.05, 3.63) is 0 Å². The van der Waals surface area contributed by atoms with Crippen molar-refractivity contribution in [1.82, 2.24) is 0 Å². The molecule has 25 atom stereocenters. The Morgan fingerprint density at radius 3 is 1.44 bits per heavy atom. The van der Waals surface area contributed by atoms with Gasteiger partial charge in [-0.25, -0.2) is 0 Å². The minimum atomic E-state index is -2.04.